The van der Waals surface area contributed by atoms with Crippen molar-refractivity contribution in [2.45, 2.75) is 25.2 Å². The molecule has 86 valence electrons. The minimum atomic E-state index is -0.00323. The summed E-state index contributed by atoms with van der Waals surface area (Å²) in [5.74, 6) is 0.824. The van der Waals surface area contributed by atoms with E-state index in [9.17, 15) is 4.79 Å². The molecule has 0 radical (unpaired) electrons. The number of pyridine rings is 1. The van der Waals surface area contributed by atoms with Crippen LogP contribution in [0.25, 0.3) is 0 Å². The number of nitrogens with one attached hydrogen (secondary N) is 1. The van der Waals surface area contributed by atoms with Crippen LogP contribution in [-0.2, 0) is 4.79 Å². The fourth-order valence-electron chi connectivity index (χ4n) is 1.98. The molecule has 0 aliphatic carbocycles. The van der Waals surface area contributed by atoms with Gasteiger partial charge in [0.25, 0.3) is 0 Å². The summed E-state index contributed by atoms with van der Waals surface area (Å²) < 4.78 is 0.894. The van der Waals surface area contributed by atoms with E-state index in [-0.39, 0.29) is 18.4 Å². The van der Waals surface area contributed by atoms with Crippen molar-refractivity contribution in [2.75, 3.05) is 11.9 Å². The molecule has 0 bridgehead atoms. The van der Waals surface area contributed by atoms with E-state index in [1.165, 1.54) is 0 Å². The molecule has 0 saturated carbocycles. The van der Waals surface area contributed by atoms with Crippen LogP contribution in [0.2, 0.25) is 0 Å². The first-order valence-corrected chi connectivity index (χ1v) is 6.06. The minimum absolute atomic E-state index is 0.00323. The number of anilines is 1. The Morgan fingerprint density at radius 3 is 3.19 bits per heavy atom. The maximum Gasteiger partial charge on any atom is 0.225 e. The number of aliphatic hydroxyl groups excluding tert-OH is 1. The summed E-state index contributed by atoms with van der Waals surface area (Å²) in [6, 6.07) is 1.97. The van der Waals surface area contributed by atoms with Crippen molar-refractivity contribution in [3.05, 3.63) is 22.3 Å². The summed E-state index contributed by atoms with van der Waals surface area (Å²) in [4.78, 5) is 15.7. The Morgan fingerprint density at radius 1 is 1.62 bits per heavy atom. The first-order chi connectivity index (χ1) is 7.70. The van der Waals surface area contributed by atoms with E-state index in [2.05, 4.69) is 26.2 Å². The Kier molecular flexibility index (Phi) is 3.56. The van der Waals surface area contributed by atoms with Crippen molar-refractivity contribution in [3.63, 3.8) is 0 Å². The Hall–Kier alpha value is -0.940. The van der Waals surface area contributed by atoms with Crippen molar-refractivity contribution in [3.8, 4) is 0 Å². The van der Waals surface area contributed by atoms with Crippen LogP contribution in [0.4, 0.5) is 5.82 Å². The van der Waals surface area contributed by atoms with Crippen molar-refractivity contribution in [1.29, 1.82) is 0 Å². The van der Waals surface area contributed by atoms with Gasteiger partial charge < -0.3 is 10.4 Å². The first-order valence-electron chi connectivity index (χ1n) is 5.27. The highest BCUT2D eigenvalue weighted by molar-refractivity contribution is 9.10. The molecule has 4 nitrogen and oxygen atoms in total. The monoisotopic (exact) mass is 284 g/mol. The lowest BCUT2D eigenvalue weighted by Crippen LogP contribution is -2.10. The van der Waals surface area contributed by atoms with Gasteiger partial charge in [0.2, 0.25) is 5.91 Å². The number of aliphatic hydroxyl groups is 1. The van der Waals surface area contributed by atoms with Crippen LogP contribution in [-0.4, -0.2) is 22.6 Å². The number of rotatable bonds is 2. The number of hydrogen-bond acceptors (Lipinski definition) is 3. The lowest BCUT2D eigenvalue weighted by molar-refractivity contribution is -0.116. The Labute approximate surface area is 102 Å². The van der Waals surface area contributed by atoms with Gasteiger partial charge in [-0.3, -0.25) is 4.79 Å². The standard InChI is InChI=1S/C11H13BrN2O2/c12-8-5-9-7(3-4-15)1-2-10(16)14-11(9)13-6-8/h5-7,15H,1-4H2,(H,13,14,16). The molecule has 0 aromatic carbocycles. The summed E-state index contributed by atoms with van der Waals surface area (Å²) in [7, 11) is 0. The van der Waals surface area contributed by atoms with Crippen LogP contribution in [0.3, 0.4) is 0 Å². The van der Waals surface area contributed by atoms with E-state index in [0.717, 1.165) is 16.5 Å². The number of aromatic nitrogens is 1. The molecule has 2 heterocycles. The highest BCUT2D eigenvalue weighted by Gasteiger charge is 2.22. The zero-order valence-corrected chi connectivity index (χ0v) is 10.3. The predicted molar refractivity (Wildman–Crippen MR) is 64.2 cm³/mol. The van der Waals surface area contributed by atoms with Crippen LogP contribution in [0.15, 0.2) is 16.7 Å². The molecule has 5 heteroatoms. The van der Waals surface area contributed by atoms with Crippen LogP contribution in [0.5, 0.6) is 0 Å². The lowest BCUT2D eigenvalue weighted by atomic mass is 9.93. The Bertz CT molecular complexity index is 409. The van der Waals surface area contributed by atoms with E-state index in [1.807, 2.05) is 6.07 Å². The summed E-state index contributed by atoms with van der Waals surface area (Å²) in [6.45, 7) is 0.130. The van der Waals surface area contributed by atoms with Gasteiger partial charge in [0.1, 0.15) is 5.82 Å². The molecule has 1 amide bonds. The second-order valence-corrected chi connectivity index (χ2v) is 4.80. The smallest absolute Gasteiger partial charge is 0.225 e. The average molecular weight is 285 g/mol. The molecular formula is C11H13BrN2O2. The molecule has 1 aliphatic heterocycles. The molecule has 1 aromatic rings. The van der Waals surface area contributed by atoms with Gasteiger partial charge >= 0.3 is 0 Å². The van der Waals surface area contributed by atoms with Crippen molar-refractivity contribution >= 4 is 27.7 Å². The van der Waals surface area contributed by atoms with Crippen LogP contribution in [0, 0.1) is 0 Å². The largest absolute Gasteiger partial charge is 0.396 e. The quantitative estimate of drug-likeness (QED) is 0.874. The molecule has 1 aromatic heterocycles. The highest BCUT2D eigenvalue weighted by atomic mass is 79.9. The second kappa shape index (κ2) is 4.93. The zero-order valence-electron chi connectivity index (χ0n) is 8.74. The number of carbonyl (C=O) groups excluding carboxylic acids is 1. The molecule has 2 rings (SSSR count). The molecular weight excluding hydrogens is 272 g/mol. The third-order valence-corrected chi connectivity index (χ3v) is 3.21. The van der Waals surface area contributed by atoms with Crippen LogP contribution >= 0.6 is 15.9 Å². The van der Waals surface area contributed by atoms with E-state index in [0.29, 0.717) is 18.7 Å². The van der Waals surface area contributed by atoms with Crippen molar-refractivity contribution in [2.24, 2.45) is 0 Å². The van der Waals surface area contributed by atoms with Gasteiger partial charge in [0.15, 0.2) is 0 Å². The fourth-order valence-corrected chi connectivity index (χ4v) is 2.33. The number of hydrogen-bond donors (Lipinski definition) is 2. The fraction of sp³-hybridized carbons (Fsp3) is 0.455. The van der Waals surface area contributed by atoms with Crippen molar-refractivity contribution in [1.82, 2.24) is 4.98 Å². The highest BCUT2D eigenvalue weighted by Crippen LogP contribution is 2.33. The number of nitrogens with zero attached hydrogens (tertiary/aromatic N) is 1. The Morgan fingerprint density at radius 2 is 2.44 bits per heavy atom. The number of amides is 1. The average Bonchev–Trinajstić information content (AvgIpc) is 2.40. The van der Waals surface area contributed by atoms with E-state index in [4.69, 9.17) is 5.11 Å². The predicted octanol–water partition coefficient (Wildman–Crippen LogP) is 2.04. The molecule has 1 unspecified atom stereocenters. The minimum Gasteiger partial charge on any atom is -0.396 e. The normalized spacial score (nSPS) is 19.9. The Balaban J connectivity index is 2.39. The van der Waals surface area contributed by atoms with Crippen LogP contribution in [0.1, 0.15) is 30.7 Å². The van der Waals surface area contributed by atoms with E-state index < -0.39 is 0 Å². The zero-order chi connectivity index (χ0) is 11.5. The molecule has 0 fully saturated rings. The van der Waals surface area contributed by atoms with Gasteiger partial charge in [-0.15, -0.1) is 0 Å². The van der Waals surface area contributed by atoms with Gasteiger partial charge in [0, 0.05) is 23.7 Å². The van der Waals surface area contributed by atoms with Gasteiger partial charge in [-0.1, -0.05) is 0 Å². The molecule has 1 aliphatic rings. The second-order valence-electron chi connectivity index (χ2n) is 3.89. The summed E-state index contributed by atoms with van der Waals surface area (Å²) in [5.41, 5.74) is 1.01. The number of carbonyl (C=O) groups is 1. The summed E-state index contributed by atoms with van der Waals surface area (Å²) in [6.07, 6.45) is 3.58. The van der Waals surface area contributed by atoms with E-state index in [1.54, 1.807) is 6.20 Å². The SMILES string of the molecule is O=C1CCC(CCO)c2cc(Br)cnc2N1. The summed E-state index contributed by atoms with van der Waals surface area (Å²) >= 11 is 3.37. The number of halogens is 1. The maximum absolute atomic E-state index is 11.5. The van der Waals surface area contributed by atoms with Gasteiger partial charge in [-0.05, 0) is 46.3 Å². The first kappa shape index (κ1) is 11.5. The topological polar surface area (TPSA) is 62.2 Å². The van der Waals surface area contributed by atoms with Crippen LogP contribution < -0.4 is 5.32 Å². The molecule has 2 N–H and O–H groups in total. The summed E-state index contributed by atoms with van der Waals surface area (Å²) in [5, 5.41) is 11.8. The van der Waals surface area contributed by atoms with Crippen molar-refractivity contribution < 1.29 is 9.90 Å². The lowest BCUT2D eigenvalue weighted by Gasteiger charge is -2.15. The molecule has 16 heavy (non-hydrogen) atoms. The third-order valence-electron chi connectivity index (χ3n) is 2.78. The third kappa shape index (κ3) is 2.41. The van der Waals surface area contributed by atoms with Gasteiger partial charge in [-0.2, -0.15) is 0 Å². The van der Waals surface area contributed by atoms with Gasteiger partial charge in [0.05, 0.1) is 0 Å². The molecule has 0 spiro atoms. The molecule has 1 atom stereocenters. The van der Waals surface area contributed by atoms with E-state index >= 15 is 0 Å². The maximum atomic E-state index is 11.5. The molecule has 0 saturated heterocycles. The van der Waals surface area contributed by atoms with Gasteiger partial charge in [-0.25, -0.2) is 4.98 Å². The number of fused-ring (bicyclic) bond motifs is 1.